The molecule has 8 heteroatoms. The van der Waals surface area contributed by atoms with Gasteiger partial charge >= 0.3 is 5.97 Å². The predicted molar refractivity (Wildman–Crippen MR) is 92.5 cm³/mol. The molecule has 0 heterocycles. The summed E-state index contributed by atoms with van der Waals surface area (Å²) in [5.74, 6) is -0.553. The van der Waals surface area contributed by atoms with Crippen LogP contribution in [0, 0.1) is 6.92 Å². The van der Waals surface area contributed by atoms with Crippen LogP contribution in [-0.4, -0.2) is 21.5 Å². The van der Waals surface area contributed by atoms with Crippen molar-refractivity contribution in [3.63, 3.8) is 0 Å². The van der Waals surface area contributed by atoms with Crippen molar-refractivity contribution < 1.29 is 17.9 Å². The Bertz CT molecular complexity index is 868. The largest absolute Gasteiger partial charge is 0.465 e. The minimum absolute atomic E-state index is 0.0937. The molecule has 0 radical (unpaired) electrons. The number of aryl methyl sites for hydroxylation is 1. The quantitative estimate of drug-likeness (QED) is 0.762. The normalized spacial score (nSPS) is 11.1. The monoisotopic (exact) mass is 417 g/mol. The number of rotatable bonds is 4. The maximum atomic E-state index is 12.5. The van der Waals surface area contributed by atoms with Crippen LogP contribution < -0.4 is 4.72 Å². The molecular weight excluding hydrogens is 406 g/mol. The number of esters is 1. The van der Waals surface area contributed by atoms with Crippen molar-refractivity contribution in [2.45, 2.75) is 11.8 Å². The molecule has 0 aliphatic carbocycles. The van der Waals surface area contributed by atoms with Gasteiger partial charge in [0.05, 0.1) is 23.4 Å². The first-order valence-corrected chi connectivity index (χ1v) is 9.07. The third kappa shape index (κ3) is 4.04. The lowest BCUT2D eigenvalue weighted by atomic mass is 10.2. The van der Waals surface area contributed by atoms with Gasteiger partial charge in [-0.25, -0.2) is 13.2 Å². The fourth-order valence-corrected chi connectivity index (χ4v) is 4.42. The molecule has 2 aromatic rings. The van der Waals surface area contributed by atoms with Gasteiger partial charge in [0.1, 0.15) is 4.90 Å². The number of nitrogens with one attached hydrogen (secondary N) is 1. The van der Waals surface area contributed by atoms with Crippen LogP contribution in [0.25, 0.3) is 0 Å². The zero-order valence-corrected chi connectivity index (χ0v) is 15.4. The van der Waals surface area contributed by atoms with Crippen molar-refractivity contribution in [1.82, 2.24) is 0 Å². The Kier molecular flexibility index (Phi) is 5.33. The van der Waals surface area contributed by atoms with E-state index < -0.39 is 16.0 Å². The molecular formula is C15H13BrClNO4S. The van der Waals surface area contributed by atoms with Gasteiger partial charge in [0.2, 0.25) is 0 Å². The van der Waals surface area contributed by atoms with E-state index in [1.165, 1.54) is 31.4 Å². The van der Waals surface area contributed by atoms with Gasteiger partial charge in [0, 0.05) is 4.47 Å². The average molecular weight is 419 g/mol. The fraction of sp³-hybridized carbons (Fsp3) is 0.133. The number of methoxy groups -OCH3 is 1. The van der Waals surface area contributed by atoms with Gasteiger partial charge in [-0.2, -0.15) is 0 Å². The summed E-state index contributed by atoms with van der Waals surface area (Å²) in [6.07, 6.45) is 0. The van der Waals surface area contributed by atoms with Crippen LogP contribution >= 0.6 is 27.5 Å². The Balaban J connectivity index is 2.36. The van der Waals surface area contributed by atoms with E-state index in [0.717, 1.165) is 5.56 Å². The van der Waals surface area contributed by atoms with Crippen LogP contribution in [0.2, 0.25) is 5.02 Å². The van der Waals surface area contributed by atoms with Gasteiger partial charge in [-0.1, -0.05) is 17.7 Å². The van der Waals surface area contributed by atoms with Gasteiger partial charge < -0.3 is 4.74 Å². The summed E-state index contributed by atoms with van der Waals surface area (Å²) >= 11 is 9.28. The zero-order valence-electron chi connectivity index (χ0n) is 12.3. The second-order valence-electron chi connectivity index (χ2n) is 4.73. The summed E-state index contributed by atoms with van der Waals surface area (Å²) in [6.45, 7) is 1.86. The minimum atomic E-state index is -3.82. The van der Waals surface area contributed by atoms with E-state index in [1.54, 1.807) is 12.1 Å². The van der Waals surface area contributed by atoms with Crippen LogP contribution in [0.15, 0.2) is 45.8 Å². The first kappa shape index (κ1) is 17.8. The van der Waals surface area contributed by atoms with E-state index in [4.69, 9.17) is 11.6 Å². The lowest BCUT2D eigenvalue weighted by Gasteiger charge is -2.12. The highest BCUT2D eigenvalue weighted by atomic mass is 79.9. The number of halogens is 2. The Hall–Kier alpha value is -1.57. The number of hydrogen-bond donors (Lipinski definition) is 1. The van der Waals surface area contributed by atoms with Crippen molar-refractivity contribution in [3.8, 4) is 0 Å². The molecule has 0 amide bonds. The number of sulfonamides is 1. The molecule has 0 fully saturated rings. The topological polar surface area (TPSA) is 72.5 Å². The zero-order chi connectivity index (χ0) is 17.2. The second-order valence-corrected chi connectivity index (χ2v) is 7.64. The summed E-state index contributed by atoms with van der Waals surface area (Å²) < 4.78 is 32.4. The van der Waals surface area contributed by atoms with Crippen molar-refractivity contribution >= 4 is 49.2 Å². The number of anilines is 1. The molecule has 122 valence electrons. The molecule has 23 heavy (non-hydrogen) atoms. The fourth-order valence-electron chi connectivity index (χ4n) is 1.87. The highest BCUT2D eigenvalue weighted by Gasteiger charge is 2.19. The highest BCUT2D eigenvalue weighted by molar-refractivity contribution is 9.10. The van der Waals surface area contributed by atoms with Gasteiger partial charge in [-0.3, -0.25) is 4.72 Å². The smallest absolute Gasteiger partial charge is 0.337 e. The van der Waals surface area contributed by atoms with Crippen LogP contribution in [0.3, 0.4) is 0 Å². The summed E-state index contributed by atoms with van der Waals surface area (Å²) in [7, 11) is -2.57. The summed E-state index contributed by atoms with van der Waals surface area (Å²) in [6, 6.07) is 9.08. The van der Waals surface area contributed by atoms with E-state index in [-0.39, 0.29) is 21.2 Å². The highest BCUT2D eigenvalue weighted by Crippen LogP contribution is 2.29. The Labute approximate surface area is 147 Å². The number of carbonyl (C=O) groups is 1. The van der Waals surface area contributed by atoms with Crippen LogP contribution in [0.4, 0.5) is 5.69 Å². The Morgan fingerprint density at radius 1 is 1.22 bits per heavy atom. The maximum Gasteiger partial charge on any atom is 0.337 e. The number of carbonyl (C=O) groups excluding carboxylic acids is 1. The molecule has 5 nitrogen and oxygen atoms in total. The predicted octanol–water partition coefficient (Wildman–Crippen LogP) is 4.00. The van der Waals surface area contributed by atoms with Crippen LogP contribution in [0.5, 0.6) is 0 Å². The third-order valence-electron chi connectivity index (χ3n) is 3.01. The van der Waals surface area contributed by atoms with Gasteiger partial charge in [-0.15, -0.1) is 0 Å². The molecule has 0 unspecified atom stereocenters. The second kappa shape index (κ2) is 6.90. The molecule has 0 atom stereocenters. The Morgan fingerprint density at radius 2 is 1.91 bits per heavy atom. The molecule has 0 spiro atoms. The molecule has 0 aromatic heterocycles. The van der Waals surface area contributed by atoms with Crippen molar-refractivity contribution in [1.29, 1.82) is 0 Å². The number of hydrogen-bond acceptors (Lipinski definition) is 4. The molecule has 0 bridgehead atoms. The van der Waals surface area contributed by atoms with E-state index in [2.05, 4.69) is 25.4 Å². The molecule has 2 rings (SSSR count). The molecule has 0 aliphatic heterocycles. The maximum absolute atomic E-state index is 12.5. The molecule has 1 N–H and O–H groups in total. The number of benzene rings is 2. The van der Waals surface area contributed by atoms with Gasteiger partial charge in [0.25, 0.3) is 10.0 Å². The summed E-state index contributed by atoms with van der Waals surface area (Å²) in [5, 5.41) is 0.0970. The lowest BCUT2D eigenvalue weighted by Crippen LogP contribution is -2.14. The van der Waals surface area contributed by atoms with Crippen molar-refractivity contribution in [3.05, 3.63) is 57.0 Å². The van der Waals surface area contributed by atoms with Crippen LogP contribution in [0.1, 0.15) is 15.9 Å². The molecule has 2 aromatic carbocycles. The minimum Gasteiger partial charge on any atom is -0.465 e. The third-order valence-corrected chi connectivity index (χ3v) is 5.67. The van der Waals surface area contributed by atoms with E-state index >= 15 is 0 Å². The first-order valence-electron chi connectivity index (χ1n) is 6.41. The average Bonchev–Trinajstić information content (AvgIpc) is 2.47. The lowest BCUT2D eigenvalue weighted by molar-refractivity contribution is 0.0601. The molecule has 0 saturated heterocycles. The van der Waals surface area contributed by atoms with Crippen LogP contribution in [-0.2, 0) is 14.8 Å². The molecule has 0 aliphatic rings. The van der Waals surface area contributed by atoms with Gasteiger partial charge in [0.15, 0.2) is 0 Å². The summed E-state index contributed by atoms with van der Waals surface area (Å²) in [5.41, 5.74) is 1.33. The first-order chi connectivity index (χ1) is 10.7. The van der Waals surface area contributed by atoms with E-state index in [1.807, 2.05) is 6.92 Å². The molecule has 0 saturated carbocycles. The Morgan fingerprint density at radius 3 is 2.48 bits per heavy atom. The standard InChI is InChI=1S/C15H13BrClNO4S/c1-9-3-6-14(11(16)7-9)23(20,21)18-13-5-4-10(8-12(13)17)15(19)22-2/h3-8,18H,1-2H3. The van der Waals surface area contributed by atoms with Crippen molar-refractivity contribution in [2.75, 3.05) is 11.8 Å². The SMILES string of the molecule is COC(=O)c1ccc(NS(=O)(=O)c2ccc(C)cc2Br)c(Cl)c1. The van der Waals surface area contributed by atoms with E-state index in [0.29, 0.717) is 4.47 Å². The summed E-state index contributed by atoms with van der Waals surface area (Å²) in [4.78, 5) is 11.5. The van der Waals surface area contributed by atoms with Gasteiger partial charge in [-0.05, 0) is 58.7 Å². The number of ether oxygens (including phenoxy) is 1. The van der Waals surface area contributed by atoms with E-state index in [9.17, 15) is 13.2 Å². The van der Waals surface area contributed by atoms with Crippen molar-refractivity contribution in [2.24, 2.45) is 0 Å².